The maximum atomic E-state index is 12.4. The van der Waals surface area contributed by atoms with E-state index in [1.807, 2.05) is 70.0 Å². The number of aromatic nitrogens is 6. The number of nitrogens with one attached hydrogen (secondary N) is 1. The van der Waals surface area contributed by atoms with Gasteiger partial charge in [0, 0.05) is 32.6 Å². The number of nitrogens with zero attached hydrogens (tertiary/aromatic N) is 7. The number of fused-ring (bicyclic) bond motifs is 4. The zero-order valence-electron chi connectivity index (χ0n) is 25.2. The van der Waals surface area contributed by atoms with Crippen LogP contribution in [0.25, 0.3) is 34.2 Å². The van der Waals surface area contributed by atoms with Crippen molar-refractivity contribution in [2.75, 3.05) is 26.7 Å². The summed E-state index contributed by atoms with van der Waals surface area (Å²) in [4.78, 5) is 16.3. The number of ether oxygens (including phenoxy) is 3. The lowest BCUT2D eigenvalue weighted by atomic mass is 10.1. The molecule has 2 aliphatic rings. The van der Waals surface area contributed by atoms with E-state index in [0.717, 1.165) is 44.9 Å². The molecule has 1 fully saturated rings. The molecule has 2 aliphatic heterocycles. The predicted molar refractivity (Wildman–Crippen MR) is 159 cm³/mol. The zero-order valence-corrected chi connectivity index (χ0v) is 25.2. The maximum absolute atomic E-state index is 12.4. The Kier molecular flexibility index (Phi) is 6.96. The summed E-state index contributed by atoms with van der Waals surface area (Å²) in [7, 11) is 5.89. The molecule has 6 rings (SSSR count). The quantitative estimate of drug-likeness (QED) is 0.381. The number of aromatic amines is 1. The fourth-order valence-corrected chi connectivity index (χ4v) is 5.38. The Morgan fingerprint density at radius 1 is 1.10 bits per heavy atom. The second kappa shape index (κ2) is 10.5. The number of likely N-dealkylation sites (N-methyl/N-ethyl adjacent to an activating group) is 1. The Balaban J connectivity index is 1.34. The van der Waals surface area contributed by atoms with Gasteiger partial charge in [0.15, 0.2) is 0 Å². The minimum absolute atomic E-state index is 0.0979. The molecule has 0 spiro atoms. The van der Waals surface area contributed by atoms with Crippen molar-refractivity contribution in [2.24, 2.45) is 14.1 Å². The molecule has 12 heteroatoms. The van der Waals surface area contributed by atoms with E-state index >= 15 is 0 Å². The topological polar surface area (TPSA) is 116 Å². The fourth-order valence-electron chi connectivity index (χ4n) is 5.38. The van der Waals surface area contributed by atoms with Crippen LogP contribution in [0.4, 0.5) is 4.79 Å². The van der Waals surface area contributed by atoms with Crippen molar-refractivity contribution in [3.8, 4) is 22.9 Å². The summed E-state index contributed by atoms with van der Waals surface area (Å²) in [6.07, 6.45) is 5.29. The summed E-state index contributed by atoms with van der Waals surface area (Å²) in [5, 5.41) is 17.9. The van der Waals surface area contributed by atoms with Gasteiger partial charge in [-0.15, -0.1) is 5.10 Å². The molecule has 1 N–H and O–H groups in total. The van der Waals surface area contributed by atoms with Gasteiger partial charge in [0.2, 0.25) is 11.8 Å². The third-order valence-corrected chi connectivity index (χ3v) is 7.45. The van der Waals surface area contributed by atoms with Crippen molar-refractivity contribution < 1.29 is 19.0 Å². The van der Waals surface area contributed by atoms with Crippen LogP contribution in [0.1, 0.15) is 44.6 Å². The average Bonchev–Trinajstić information content (AvgIpc) is 3.53. The standard InChI is InChI=1S/C30H38N8O4/c1-18-14-35(5)17-26-21(27(34-36(26)6)41-20-15-38(16-20)29(39)42-30(2,3)4)9-11-25-22-12-19(8-10-24(22)32-33-25)23-13-31-37(7)28(23)40-18/h8-13,18,20H,14-17H2,1-7H3,(H,32,33)/b11-9-/t18-/m0/s1. The van der Waals surface area contributed by atoms with Crippen LogP contribution < -0.4 is 9.47 Å². The normalized spacial score (nSPS) is 18.9. The Hall–Kier alpha value is -4.32. The molecule has 3 aromatic heterocycles. The molecule has 12 nitrogen and oxygen atoms in total. The Morgan fingerprint density at radius 2 is 1.88 bits per heavy atom. The Morgan fingerprint density at radius 3 is 2.64 bits per heavy atom. The number of rotatable bonds is 2. The molecule has 1 saturated heterocycles. The molecule has 2 bridgehead atoms. The van der Waals surface area contributed by atoms with E-state index < -0.39 is 5.60 Å². The lowest BCUT2D eigenvalue weighted by Crippen LogP contribution is -2.57. The molecule has 42 heavy (non-hydrogen) atoms. The van der Waals surface area contributed by atoms with Gasteiger partial charge < -0.3 is 19.1 Å². The molecule has 0 aliphatic carbocycles. The molecule has 0 radical (unpaired) electrons. The van der Waals surface area contributed by atoms with Gasteiger partial charge in [0.05, 0.1) is 47.3 Å². The number of amides is 1. The van der Waals surface area contributed by atoms with E-state index in [1.165, 1.54) is 0 Å². The van der Waals surface area contributed by atoms with Crippen LogP contribution >= 0.6 is 0 Å². The SMILES string of the molecule is C[C@H]1CN(C)Cc2c(c(OC3CN(C(=O)OC(C)(C)C)C3)nn2C)/C=C\c2[nH]nc3ccc(cc23)-c2cnn(C)c2O1. The monoisotopic (exact) mass is 574 g/mol. The molecular weight excluding hydrogens is 536 g/mol. The minimum Gasteiger partial charge on any atom is -0.473 e. The first-order valence-corrected chi connectivity index (χ1v) is 14.2. The van der Waals surface area contributed by atoms with Gasteiger partial charge in [-0.25, -0.2) is 9.48 Å². The third-order valence-electron chi connectivity index (χ3n) is 7.45. The van der Waals surface area contributed by atoms with Gasteiger partial charge in [-0.3, -0.25) is 14.7 Å². The van der Waals surface area contributed by atoms with Crippen molar-refractivity contribution in [1.82, 2.24) is 39.6 Å². The molecule has 222 valence electrons. The van der Waals surface area contributed by atoms with Gasteiger partial charge in [0.25, 0.3) is 0 Å². The van der Waals surface area contributed by atoms with Crippen LogP contribution in [0.15, 0.2) is 24.4 Å². The maximum Gasteiger partial charge on any atom is 0.410 e. The highest BCUT2D eigenvalue weighted by Gasteiger charge is 2.36. The average molecular weight is 575 g/mol. The van der Waals surface area contributed by atoms with Crippen LogP contribution in [-0.4, -0.2) is 90.1 Å². The van der Waals surface area contributed by atoms with Crippen LogP contribution in [0.3, 0.4) is 0 Å². The van der Waals surface area contributed by atoms with Crippen molar-refractivity contribution >= 4 is 29.1 Å². The van der Waals surface area contributed by atoms with E-state index in [-0.39, 0.29) is 18.3 Å². The van der Waals surface area contributed by atoms with E-state index in [2.05, 4.69) is 40.2 Å². The number of hydrogen-bond donors (Lipinski definition) is 1. The molecular formula is C30H38N8O4. The summed E-state index contributed by atoms with van der Waals surface area (Å²) in [6.45, 7) is 9.85. The van der Waals surface area contributed by atoms with Crippen molar-refractivity contribution in [3.05, 3.63) is 41.3 Å². The van der Waals surface area contributed by atoms with Gasteiger partial charge in [-0.2, -0.15) is 10.2 Å². The molecule has 1 atom stereocenters. The largest absolute Gasteiger partial charge is 0.473 e. The van der Waals surface area contributed by atoms with Crippen molar-refractivity contribution in [3.63, 3.8) is 0 Å². The molecule has 1 amide bonds. The molecule has 1 aromatic carbocycles. The number of likely N-dealkylation sites (tertiary alicyclic amines) is 1. The highest BCUT2D eigenvalue weighted by atomic mass is 16.6. The van der Waals surface area contributed by atoms with Gasteiger partial charge in [-0.1, -0.05) is 6.07 Å². The van der Waals surface area contributed by atoms with E-state index in [0.29, 0.717) is 32.1 Å². The molecule has 0 unspecified atom stereocenters. The molecule has 5 heterocycles. The Bertz CT molecular complexity index is 1650. The van der Waals surface area contributed by atoms with Gasteiger partial charge in [-0.05, 0) is 64.6 Å². The van der Waals surface area contributed by atoms with E-state index in [1.54, 1.807) is 9.58 Å². The second-order valence-electron chi connectivity index (χ2n) is 12.2. The Labute approximate surface area is 244 Å². The fraction of sp³-hybridized carbons (Fsp3) is 0.467. The number of aryl methyl sites for hydroxylation is 2. The lowest BCUT2D eigenvalue weighted by molar-refractivity contribution is -0.0233. The number of carbonyl (C=O) groups is 1. The van der Waals surface area contributed by atoms with Crippen molar-refractivity contribution in [1.29, 1.82) is 0 Å². The second-order valence-corrected chi connectivity index (χ2v) is 12.2. The lowest BCUT2D eigenvalue weighted by Gasteiger charge is -2.39. The van der Waals surface area contributed by atoms with Gasteiger partial charge in [0.1, 0.15) is 17.8 Å². The number of carbonyl (C=O) groups excluding carboxylic acids is 1. The van der Waals surface area contributed by atoms with Crippen LogP contribution in [-0.2, 0) is 25.4 Å². The van der Waals surface area contributed by atoms with Crippen molar-refractivity contribution in [2.45, 2.75) is 52.0 Å². The smallest absolute Gasteiger partial charge is 0.410 e. The number of benzene rings is 1. The first-order chi connectivity index (χ1) is 19.9. The van der Waals surface area contributed by atoms with E-state index in [4.69, 9.17) is 19.3 Å². The summed E-state index contributed by atoms with van der Waals surface area (Å²) in [5.74, 6) is 1.26. The van der Waals surface area contributed by atoms with E-state index in [9.17, 15) is 4.79 Å². The van der Waals surface area contributed by atoms with Crippen LogP contribution in [0.5, 0.6) is 11.8 Å². The summed E-state index contributed by atoms with van der Waals surface area (Å²) in [5.41, 5.74) is 5.01. The number of H-pyrrole nitrogens is 1. The third kappa shape index (κ3) is 5.46. The zero-order chi connectivity index (χ0) is 29.8. The predicted octanol–water partition coefficient (Wildman–Crippen LogP) is 4.08. The first-order valence-electron chi connectivity index (χ1n) is 14.2. The first kappa shape index (κ1) is 27.8. The number of hydrogen-bond acceptors (Lipinski definition) is 8. The van der Waals surface area contributed by atoms with Crippen LogP contribution in [0, 0.1) is 0 Å². The van der Waals surface area contributed by atoms with Gasteiger partial charge >= 0.3 is 6.09 Å². The summed E-state index contributed by atoms with van der Waals surface area (Å²) in [6, 6.07) is 6.15. The molecule has 0 saturated carbocycles. The summed E-state index contributed by atoms with van der Waals surface area (Å²) < 4.78 is 21.9. The van der Waals surface area contributed by atoms with Crippen LogP contribution in [0.2, 0.25) is 0 Å². The highest BCUT2D eigenvalue weighted by molar-refractivity contribution is 5.93. The summed E-state index contributed by atoms with van der Waals surface area (Å²) >= 11 is 0. The molecule has 4 aromatic rings. The highest BCUT2D eigenvalue weighted by Crippen LogP contribution is 2.34. The minimum atomic E-state index is -0.539.